The highest BCUT2D eigenvalue weighted by Crippen LogP contribution is 2.25. The zero-order valence-electron chi connectivity index (χ0n) is 10.3. The lowest BCUT2D eigenvalue weighted by molar-refractivity contribution is 0.0312. The number of nitrogens with one attached hydrogen (secondary N) is 1. The first-order valence-electron chi connectivity index (χ1n) is 6.26. The van der Waals surface area contributed by atoms with E-state index in [-0.39, 0.29) is 0 Å². The van der Waals surface area contributed by atoms with Crippen molar-refractivity contribution in [2.24, 2.45) is 11.8 Å². The molecular formula is C12H25NO3. The number of hydrogen-bond acceptors (Lipinski definition) is 4. The summed E-state index contributed by atoms with van der Waals surface area (Å²) in [5.41, 5.74) is 0. The highest BCUT2D eigenvalue weighted by molar-refractivity contribution is 4.73. The predicted octanol–water partition coefficient (Wildman–Crippen LogP) is 0.648. The van der Waals surface area contributed by atoms with Crippen molar-refractivity contribution in [3.05, 3.63) is 0 Å². The second kappa shape index (κ2) is 8.93. The zero-order chi connectivity index (χ0) is 11.6. The van der Waals surface area contributed by atoms with Gasteiger partial charge >= 0.3 is 0 Å². The SMILES string of the molecule is COCCNCCC(CO)C1CCOCC1. The first-order valence-corrected chi connectivity index (χ1v) is 6.26. The minimum Gasteiger partial charge on any atom is -0.396 e. The van der Waals surface area contributed by atoms with Crippen LogP contribution in [-0.2, 0) is 9.47 Å². The van der Waals surface area contributed by atoms with Crippen LogP contribution in [0.4, 0.5) is 0 Å². The van der Waals surface area contributed by atoms with E-state index < -0.39 is 0 Å². The van der Waals surface area contributed by atoms with Crippen LogP contribution in [0, 0.1) is 11.8 Å². The molecular weight excluding hydrogens is 206 g/mol. The van der Waals surface area contributed by atoms with Crippen molar-refractivity contribution >= 4 is 0 Å². The maximum absolute atomic E-state index is 9.39. The van der Waals surface area contributed by atoms with Crippen LogP contribution in [0.25, 0.3) is 0 Å². The quantitative estimate of drug-likeness (QED) is 0.602. The van der Waals surface area contributed by atoms with Crippen molar-refractivity contribution in [3.63, 3.8) is 0 Å². The largest absolute Gasteiger partial charge is 0.396 e. The normalized spacial score (nSPS) is 19.9. The van der Waals surface area contributed by atoms with Crippen LogP contribution in [0.3, 0.4) is 0 Å². The van der Waals surface area contributed by atoms with Gasteiger partial charge in [-0.2, -0.15) is 0 Å². The van der Waals surface area contributed by atoms with Crippen LogP contribution >= 0.6 is 0 Å². The predicted molar refractivity (Wildman–Crippen MR) is 63.5 cm³/mol. The Bertz CT molecular complexity index is 160. The summed E-state index contributed by atoms with van der Waals surface area (Å²) in [6.07, 6.45) is 3.25. The van der Waals surface area contributed by atoms with Crippen molar-refractivity contribution in [1.82, 2.24) is 5.32 Å². The zero-order valence-corrected chi connectivity index (χ0v) is 10.3. The second-order valence-corrected chi connectivity index (χ2v) is 4.42. The van der Waals surface area contributed by atoms with Crippen molar-refractivity contribution in [2.75, 3.05) is 46.6 Å². The third kappa shape index (κ3) is 5.25. The van der Waals surface area contributed by atoms with Gasteiger partial charge in [0.25, 0.3) is 0 Å². The monoisotopic (exact) mass is 231 g/mol. The number of methoxy groups -OCH3 is 1. The molecule has 0 aromatic rings. The summed E-state index contributed by atoms with van der Waals surface area (Å²) in [5, 5.41) is 12.7. The van der Waals surface area contributed by atoms with E-state index >= 15 is 0 Å². The molecule has 1 heterocycles. The fraction of sp³-hybridized carbons (Fsp3) is 1.00. The Morgan fingerprint density at radius 3 is 2.75 bits per heavy atom. The molecule has 0 aromatic carbocycles. The molecule has 0 spiro atoms. The highest BCUT2D eigenvalue weighted by atomic mass is 16.5. The van der Waals surface area contributed by atoms with Gasteiger partial charge in [0.05, 0.1) is 6.61 Å². The van der Waals surface area contributed by atoms with Crippen LogP contribution < -0.4 is 5.32 Å². The van der Waals surface area contributed by atoms with E-state index in [2.05, 4.69) is 5.32 Å². The third-order valence-electron chi connectivity index (χ3n) is 3.34. The van der Waals surface area contributed by atoms with Gasteiger partial charge in [0.15, 0.2) is 0 Å². The number of aliphatic hydroxyl groups excluding tert-OH is 1. The molecule has 96 valence electrons. The van der Waals surface area contributed by atoms with Crippen LogP contribution in [0.15, 0.2) is 0 Å². The van der Waals surface area contributed by atoms with E-state index in [0.717, 1.165) is 52.2 Å². The first-order chi connectivity index (χ1) is 7.88. The summed E-state index contributed by atoms with van der Waals surface area (Å²) < 4.78 is 10.3. The van der Waals surface area contributed by atoms with Gasteiger partial charge in [0.2, 0.25) is 0 Å². The van der Waals surface area contributed by atoms with Gasteiger partial charge in [-0.3, -0.25) is 0 Å². The van der Waals surface area contributed by atoms with Crippen LogP contribution in [0.2, 0.25) is 0 Å². The van der Waals surface area contributed by atoms with Gasteiger partial charge in [-0.1, -0.05) is 0 Å². The maximum atomic E-state index is 9.39. The second-order valence-electron chi connectivity index (χ2n) is 4.42. The Morgan fingerprint density at radius 2 is 2.12 bits per heavy atom. The van der Waals surface area contributed by atoms with E-state index in [9.17, 15) is 5.11 Å². The van der Waals surface area contributed by atoms with Gasteiger partial charge in [-0.15, -0.1) is 0 Å². The molecule has 1 aliphatic rings. The molecule has 1 rings (SSSR count). The van der Waals surface area contributed by atoms with Crippen molar-refractivity contribution < 1.29 is 14.6 Å². The van der Waals surface area contributed by atoms with Gasteiger partial charge in [0, 0.05) is 33.5 Å². The minimum atomic E-state index is 0.302. The Labute approximate surface area is 98.3 Å². The fourth-order valence-electron chi connectivity index (χ4n) is 2.25. The molecule has 1 saturated heterocycles. The molecule has 1 atom stereocenters. The fourth-order valence-corrected chi connectivity index (χ4v) is 2.25. The molecule has 0 bridgehead atoms. The summed E-state index contributed by atoms with van der Waals surface area (Å²) in [7, 11) is 1.71. The molecule has 4 heteroatoms. The molecule has 0 aliphatic carbocycles. The van der Waals surface area contributed by atoms with E-state index in [1.807, 2.05) is 0 Å². The topological polar surface area (TPSA) is 50.7 Å². The van der Waals surface area contributed by atoms with Gasteiger partial charge < -0.3 is 19.9 Å². The molecule has 0 amide bonds. The van der Waals surface area contributed by atoms with Crippen molar-refractivity contribution in [1.29, 1.82) is 0 Å². The Hall–Kier alpha value is -0.160. The molecule has 1 unspecified atom stereocenters. The lowest BCUT2D eigenvalue weighted by atomic mass is 9.84. The Morgan fingerprint density at radius 1 is 1.38 bits per heavy atom. The van der Waals surface area contributed by atoms with E-state index in [4.69, 9.17) is 9.47 Å². The lowest BCUT2D eigenvalue weighted by Crippen LogP contribution is -2.29. The van der Waals surface area contributed by atoms with Gasteiger partial charge in [-0.25, -0.2) is 0 Å². The highest BCUT2D eigenvalue weighted by Gasteiger charge is 2.22. The number of hydrogen-bond donors (Lipinski definition) is 2. The van der Waals surface area contributed by atoms with E-state index in [0.29, 0.717) is 18.4 Å². The van der Waals surface area contributed by atoms with E-state index in [1.54, 1.807) is 7.11 Å². The van der Waals surface area contributed by atoms with Crippen molar-refractivity contribution in [3.8, 4) is 0 Å². The molecule has 16 heavy (non-hydrogen) atoms. The lowest BCUT2D eigenvalue weighted by Gasteiger charge is -2.29. The summed E-state index contributed by atoms with van der Waals surface area (Å²) in [5.74, 6) is 1.07. The standard InChI is InChI=1S/C12H25NO3/c1-15-9-6-13-5-2-12(10-14)11-3-7-16-8-4-11/h11-14H,2-10H2,1H3. The van der Waals surface area contributed by atoms with Crippen LogP contribution in [0.5, 0.6) is 0 Å². The molecule has 1 fully saturated rings. The van der Waals surface area contributed by atoms with E-state index in [1.165, 1.54) is 0 Å². The maximum Gasteiger partial charge on any atom is 0.0587 e. The van der Waals surface area contributed by atoms with Crippen LogP contribution in [-0.4, -0.2) is 51.7 Å². The summed E-state index contributed by atoms with van der Waals surface area (Å²) >= 11 is 0. The first kappa shape index (κ1) is 13.9. The van der Waals surface area contributed by atoms with Crippen LogP contribution in [0.1, 0.15) is 19.3 Å². The van der Waals surface area contributed by atoms with Gasteiger partial charge in [0.1, 0.15) is 0 Å². The molecule has 4 nitrogen and oxygen atoms in total. The molecule has 0 radical (unpaired) electrons. The summed E-state index contributed by atoms with van der Waals surface area (Å²) in [6.45, 7) is 4.63. The third-order valence-corrected chi connectivity index (χ3v) is 3.34. The molecule has 2 N–H and O–H groups in total. The Balaban J connectivity index is 2.10. The molecule has 0 aromatic heterocycles. The number of aliphatic hydroxyl groups is 1. The van der Waals surface area contributed by atoms with Crippen molar-refractivity contribution in [2.45, 2.75) is 19.3 Å². The summed E-state index contributed by atoms with van der Waals surface area (Å²) in [4.78, 5) is 0. The molecule has 1 aliphatic heterocycles. The number of rotatable bonds is 8. The minimum absolute atomic E-state index is 0.302. The summed E-state index contributed by atoms with van der Waals surface area (Å²) in [6, 6.07) is 0. The average Bonchev–Trinajstić information content (AvgIpc) is 2.35. The Kier molecular flexibility index (Phi) is 7.76. The van der Waals surface area contributed by atoms with Gasteiger partial charge in [-0.05, 0) is 37.6 Å². The number of ether oxygens (including phenoxy) is 2. The average molecular weight is 231 g/mol. The molecule has 0 saturated carbocycles. The smallest absolute Gasteiger partial charge is 0.0587 e.